The number of phenolic OH excluding ortho intramolecular Hbond substituents is 1. The van der Waals surface area contributed by atoms with Gasteiger partial charge >= 0.3 is 0 Å². The Balaban J connectivity index is 2.93. The van der Waals surface area contributed by atoms with Crippen LogP contribution in [0.25, 0.3) is 0 Å². The molecule has 0 saturated heterocycles. The highest BCUT2D eigenvalue weighted by Crippen LogP contribution is 2.40. The average Bonchev–Trinajstić information content (AvgIpc) is 2.50. The van der Waals surface area contributed by atoms with Crippen LogP contribution in [0.15, 0.2) is 24.3 Å². The van der Waals surface area contributed by atoms with E-state index in [4.69, 9.17) is 4.43 Å². The van der Waals surface area contributed by atoms with Gasteiger partial charge in [0.25, 0.3) is 0 Å². The summed E-state index contributed by atoms with van der Waals surface area (Å²) < 4.78 is 6.73. The molecule has 1 atom stereocenters. The molecule has 0 amide bonds. The second-order valence-electron chi connectivity index (χ2n) is 8.67. The average molecular weight is 361 g/mol. The van der Waals surface area contributed by atoms with Gasteiger partial charge in [0.2, 0.25) is 0 Å². The largest absolute Gasteiger partial charge is 0.508 e. The molecular formula is C22H36O2Si. The van der Waals surface area contributed by atoms with Gasteiger partial charge in [-0.05, 0) is 62.0 Å². The number of hydrogen-bond acceptors (Lipinski definition) is 2. The maximum atomic E-state index is 9.45. The quantitative estimate of drug-likeness (QED) is 0.351. The summed E-state index contributed by atoms with van der Waals surface area (Å²) in [6.45, 7) is 15.7. The summed E-state index contributed by atoms with van der Waals surface area (Å²) in [4.78, 5) is 0. The van der Waals surface area contributed by atoms with Gasteiger partial charge in [0.1, 0.15) is 11.4 Å². The van der Waals surface area contributed by atoms with Crippen molar-refractivity contribution in [2.24, 2.45) is 0 Å². The fraction of sp³-hybridized carbons (Fsp3) is 0.636. The molecule has 2 nitrogen and oxygen atoms in total. The highest BCUT2D eigenvalue weighted by atomic mass is 28.4. The lowest BCUT2D eigenvalue weighted by Gasteiger charge is -2.42. The van der Waals surface area contributed by atoms with E-state index in [0.717, 1.165) is 25.7 Å². The van der Waals surface area contributed by atoms with Crippen LogP contribution >= 0.6 is 0 Å². The van der Waals surface area contributed by atoms with Gasteiger partial charge in [-0.3, -0.25) is 0 Å². The number of aryl methyl sites for hydroxylation is 1. The fourth-order valence-corrected chi connectivity index (χ4v) is 4.00. The van der Waals surface area contributed by atoms with Crippen LogP contribution in [0.3, 0.4) is 0 Å². The Hall–Kier alpha value is -1.24. The van der Waals surface area contributed by atoms with Crippen molar-refractivity contribution in [3.63, 3.8) is 0 Å². The smallest absolute Gasteiger partial charge is 0.194 e. The molecule has 1 aromatic carbocycles. The summed E-state index contributed by atoms with van der Waals surface area (Å²) in [5.74, 6) is 7.12. The molecule has 1 rings (SSSR count). The van der Waals surface area contributed by atoms with E-state index in [1.807, 2.05) is 12.1 Å². The summed E-state index contributed by atoms with van der Waals surface area (Å²) >= 11 is 0. The van der Waals surface area contributed by atoms with Crippen LogP contribution < -0.4 is 0 Å². The molecule has 0 aliphatic heterocycles. The zero-order valence-electron chi connectivity index (χ0n) is 17.2. The van der Waals surface area contributed by atoms with E-state index in [0.29, 0.717) is 5.75 Å². The maximum absolute atomic E-state index is 9.45. The van der Waals surface area contributed by atoms with Gasteiger partial charge in [0.15, 0.2) is 8.32 Å². The van der Waals surface area contributed by atoms with Gasteiger partial charge in [-0.2, -0.15) is 0 Å². The van der Waals surface area contributed by atoms with Crippen molar-refractivity contribution in [2.45, 2.75) is 90.5 Å². The molecule has 0 heterocycles. The van der Waals surface area contributed by atoms with Crippen molar-refractivity contribution in [3.05, 3.63) is 29.8 Å². The molecule has 0 saturated carbocycles. The minimum Gasteiger partial charge on any atom is -0.508 e. The number of rotatable bonds is 7. The minimum atomic E-state index is -1.90. The first-order chi connectivity index (χ1) is 11.5. The van der Waals surface area contributed by atoms with Crippen LogP contribution in [0.4, 0.5) is 0 Å². The van der Waals surface area contributed by atoms with E-state index in [1.165, 1.54) is 12.0 Å². The van der Waals surface area contributed by atoms with Gasteiger partial charge in [-0.25, -0.2) is 0 Å². The number of phenols is 1. The molecule has 0 aliphatic carbocycles. The van der Waals surface area contributed by atoms with E-state index >= 15 is 0 Å². The van der Waals surface area contributed by atoms with Crippen LogP contribution in [-0.2, 0) is 10.8 Å². The Morgan fingerprint density at radius 2 is 1.68 bits per heavy atom. The first-order valence-corrected chi connectivity index (χ1v) is 12.4. The Kier molecular flexibility index (Phi) is 7.78. The third kappa shape index (κ3) is 7.26. The molecule has 0 radical (unpaired) electrons. The second kappa shape index (κ2) is 8.92. The zero-order valence-corrected chi connectivity index (χ0v) is 18.2. The lowest BCUT2D eigenvalue weighted by Crippen LogP contribution is -2.48. The van der Waals surface area contributed by atoms with Crippen LogP contribution in [0.2, 0.25) is 18.1 Å². The predicted octanol–water partition coefficient (Wildman–Crippen LogP) is 6.30. The van der Waals surface area contributed by atoms with E-state index in [-0.39, 0.29) is 5.04 Å². The fourth-order valence-electron chi connectivity index (χ4n) is 2.42. The van der Waals surface area contributed by atoms with Gasteiger partial charge in [0, 0.05) is 6.42 Å². The van der Waals surface area contributed by atoms with Crippen LogP contribution in [0.5, 0.6) is 5.75 Å². The number of hydrogen-bond donors (Lipinski definition) is 1. The third-order valence-electron chi connectivity index (χ3n) is 5.12. The Morgan fingerprint density at radius 3 is 2.20 bits per heavy atom. The molecule has 0 bridgehead atoms. The molecule has 25 heavy (non-hydrogen) atoms. The third-order valence-corrected chi connectivity index (χ3v) is 9.70. The lowest BCUT2D eigenvalue weighted by molar-refractivity contribution is 0.122. The van der Waals surface area contributed by atoms with Crippen LogP contribution in [0.1, 0.15) is 65.9 Å². The molecule has 3 heteroatoms. The maximum Gasteiger partial charge on any atom is 0.194 e. The summed E-state index contributed by atoms with van der Waals surface area (Å²) in [5.41, 5.74) is 0.785. The summed E-state index contributed by atoms with van der Waals surface area (Å²) in [6.07, 6.45) is 5.01. The molecule has 0 fully saturated rings. The minimum absolute atomic E-state index is 0.165. The molecule has 1 N–H and O–H groups in total. The topological polar surface area (TPSA) is 29.5 Å². The van der Waals surface area contributed by atoms with E-state index in [2.05, 4.69) is 59.6 Å². The molecule has 0 aliphatic rings. The van der Waals surface area contributed by atoms with Crippen molar-refractivity contribution in [1.29, 1.82) is 0 Å². The van der Waals surface area contributed by atoms with Gasteiger partial charge in [-0.15, -0.1) is 5.92 Å². The van der Waals surface area contributed by atoms with E-state index < -0.39 is 13.9 Å². The van der Waals surface area contributed by atoms with Crippen LogP contribution in [0, 0.1) is 11.8 Å². The molecule has 0 aromatic heterocycles. The highest BCUT2D eigenvalue weighted by Gasteiger charge is 2.42. The Labute approximate surface area is 156 Å². The number of aromatic hydroxyl groups is 1. The molecular weight excluding hydrogens is 324 g/mol. The SMILES string of the molecule is CCCCC#C[C@](C)(CCc1ccc(O)cc1)O[Si](C)(C)C(C)(C)C. The van der Waals surface area contributed by atoms with Crippen molar-refractivity contribution in [3.8, 4) is 17.6 Å². The van der Waals surface area contributed by atoms with Crippen molar-refractivity contribution >= 4 is 8.32 Å². The van der Waals surface area contributed by atoms with Crippen molar-refractivity contribution in [1.82, 2.24) is 0 Å². The number of unbranched alkanes of at least 4 members (excludes halogenated alkanes) is 2. The molecule has 140 valence electrons. The van der Waals surface area contributed by atoms with E-state index in [1.54, 1.807) is 12.1 Å². The van der Waals surface area contributed by atoms with Crippen molar-refractivity contribution in [2.75, 3.05) is 0 Å². The molecule has 0 spiro atoms. The normalized spacial score (nSPS) is 14.5. The van der Waals surface area contributed by atoms with Crippen LogP contribution in [-0.4, -0.2) is 19.0 Å². The Morgan fingerprint density at radius 1 is 1.08 bits per heavy atom. The zero-order chi connectivity index (χ0) is 19.1. The van der Waals surface area contributed by atoms with Crippen molar-refractivity contribution < 1.29 is 9.53 Å². The standard InChI is InChI=1S/C22H36O2Si/c1-8-9-10-11-17-22(5,24-25(6,7)21(2,3)4)18-16-19-12-14-20(23)15-13-19/h12-15,23H,8-10,16,18H2,1-7H3/t22-/m1/s1. The van der Waals surface area contributed by atoms with Gasteiger partial charge < -0.3 is 9.53 Å². The number of benzene rings is 1. The second-order valence-corrected chi connectivity index (χ2v) is 13.4. The van der Waals surface area contributed by atoms with E-state index in [9.17, 15) is 5.11 Å². The highest BCUT2D eigenvalue weighted by molar-refractivity contribution is 6.74. The monoisotopic (exact) mass is 360 g/mol. The first-order valence-electron chi connectivity index (χ1n) is 9.47. The summed E-state index contributed by atoms with van der Waals surface area (Å²) in [6, 6.07) is 7.45. The molecule has 1 aromatic rings. The predicted molar refractivity (Wildman–Crippen MR) is 110 cm³/mol. The Bertz CT molecular complexity index is 587. The lowest BCUT2D eigenvalue weighted by atomic mass is 9.97. The van der Waals surface area contributed by atoms with Gasteiger partial charge in [0.05, 0.1) is 0 Å². The summed E-state index contributed by atoms with van der Waals surface area (Å²) in [7, 11) is -1.90. The molecule has 0 unspecified atom stereocenters. The summed E-state index contributed by atoms with van der Waals surface area (Å²) in [5, 5.41) is 9.62. The first kappa shape index (κ1) is 21.8. The van der Waals surface area contributed by atoms with Gasteiger partial charge in [-0.1, -0.05) is 52.2 Å².